The Bertz CT molecular complexity index is 569. The fourth-order valence-electron chi connectivity index (χ4n) is 1.16. The van der Waals surface area contributed by atoms with Crippen LogP contribution in [0.25, 0.3) is 10.2 Å². The molecule has 0 aliphatic carbocycles. The average Bonchev–Trinajstić information content (AvgIpc) is 2.58. The zero-order valence-electron chi connectivity index (χ0n) is 8.97. The van der Waals surface area contributed by atoms with E-state index in [0.29, 0.717) is 5.13 Å². The van der Waals surface area contributed by atoms with Gasteiger partial charge in [0.1, 0.15) is 0 Å². The molecule has 0 amide bonds. The zero-order chi connectivity index (χ0) is 11.8. The Morgan fingerprint density at radius 1 is 1.31 bits per heavy atom. The second kappa shape index (κ2) is 4.03. The first-order valence-electron chi connectivity index (χ1n) is 4.86. The number of nitrogens with one attached hydrogen (secondary N) is 1. The van der Waals surface area contributed by atoms with Crippen molar-refractivity contribution in [2.75, 3.05) is 4.72 Å². The van der Waals surface area contributed by atoms with Gasteiger partial charge < -0.3 is 0 Å². The van der Waals surface area contributed by atoms with Crippen LogP contribution in [-0.2, 0) is 10.0 Å². The number of thiazole rings is 1. The van der Waals surface area contributed by atoms with E-state index in [1.807, 2.05) is 24.3 Å². The predicted molar refractivity (Wildman–Crippen MR) is 67.3 cm³/mol. The number of hydrogen-bond donors (Lipinski definition) is 1. The largest absolute Gasteiger partial charge is 0.258 e. The minimum atomic E-state index is -3.30. The minimum absolute atomic E-state index is 0.426. The maximum Gasteiger partial charge on any atom is 0.236 e. The molecule has 0 saturated carbocycles. The van der Waals surface area contributed by atoms with Crippen LogP contribution >= 0.6 is 11.3 Å². The molecule has 0 saturated heterocycles. The van der Waals surface area contributed by atoms with Crippen molar-refractivity contribution in [3.8, 4) is 0 Å². The van der Waals surface area contributed by atoms with E-state index in [0.717, 1.165) is 10.2 Å². The van der Waals surface area contributed by atoms with Crippen LogP contribution in [0.15, 0.2) is 24.3 Å². The lowest BCUT2D eigenvalue weighted by Crippen LogP contribution is -2.22. The highest BCUT2D eigenvalue weighted by Gasteiger charge is 2.17. The molecule has 1 aromatic carbocycles. The topological polar surface area (TPSA) is 59.1 Å². The first-order valence-corrected chi connectivity index (χ1v) is 7.22. The van der Waals surface area contributed by atoms with Gasteiger partial charge in [-0.05, 0) is 26.0 Å². The van der Waals surface area contributed by atoms with Crippen molar-refractivity contribution in [3.05, 3.63) is 24.3 Å². The fourth-order valence-corrected chi connectivity index (χ4v) is 2.91. The van der Waals surface area contributed by atoms with Crippen LogP contribution in [0.3, 0.4) is 0 Å². The molecule has 0 radical (unpaired) electrons. The van der Waals surface area contributed by atoms with Crippen LogP contribution in [0, 0.1) is 0 Å². The molecule has 0 spiro atoms. The summed E-state index contributed by atoms with van der Waals surface area (Å²) in [4.78, 5) is 4.21. The summed E-state index contributed by atoms with van der Waals surface area (Å²) in [6.45, 7) is 3.27. The monoisotopic (exact) mass is 256 g/mol. The second-order valence-corrected chi connectivity index (χ2v) is 6.95. The van der Waals surface area contributed by atoms with E-state index in [-0.39, 0.29) is 0 Å². The summed E-state index contributed by atoms with van der Waals surface area (Å²) in [7, 11) is -3.30. The van der Waals surface area contributed by atoms with Crippen molar-refractivity contribution in [2.45, 2.75) is 19.1 Å². The molecular weight excluding hydrogens is 244 g/mol. The van der Waals surface area contributed by atoms with Crippen LogP contribution < -0.4 is 4.72 Å². The molecular formula is C10H12N2O2S2. The summed E-state index contributed by atoms with van der Waals surface area (Å²) in [5, 5.41) is -0.0330. The van der Waals surface area contributed by atoms with E-state index in [1.165, 1.54) is 11.3 Å². The quantitative estimate of drug-likeness (QED) is 0.917. The Kier molecular flexibility index (Phi) is 2.86. The number of hydrogen-bond acceptors (Lipinski definition) is 4. The van der Waals surface area contributed by atoms with Crippen LogP contribution in [0.1, 0.15) is 13.8 Å². The highest BCUT2D eigenvalue weighted by molar-refractivity contribution is 7.93. The molecule has 0 unspecified atom stereocenters. The smallest absolute Gasteiger partial charge is 0.236 e. The Hall–Kier alpha value is -1.14. The molecule has 0 aliphatic heterocycles. The van der Waals surface area contributed by atoms with E-state index < -0.39 is 15.3 Å². The average molecular weight is 256 g/mol. The standard InChI is InChI=1S/C10H12N2O2S2/c1-7(2)16(13,14)12-10-11-8-5-3-4-6-9(8)15-10/h3-7H,1-2H3,(H,11,12). The normalized spacial score (nSPS) is 12.2. The van der Waals surface area contributed by atoms with Crippen molar-refractivity contribution in [2.24, 2.45) is 0 Å². The van der Waals surface area contributed by atoms with Crippen molar-refractivity contribution in [3.63, 3.8) is 0 Å². The van der Waals surface area contributed by atoms with Gasteiger partial charge in [0.2, 0.25) is 10.0 Å². The first-order chi connectivity index (χ1) is 7.49. The second-order valence-electron chi connectivity index (χ2n) is 3.68. The highest BCUT2D eigenvalue weighted by Crippen LogP contribution is 2.26. The van der Waals surface area contributed by atoms with E-state index in [9.17, 15) is 8.42 Å². The number of para-hydroxylation sites is 1. The van der Waals surface area contributed by atoms with Crippen LogP contribution in [0.5, 0.6) is 0 Å². The summed E-state index contributed by atoms with van der Waals surface area (Å²) >= 11 is 1.34. The molecule has 1 heterocycles. The Morgan fingerprint density at radius 3 is 2.62 bits per heavy atom. The summed E-state index contributed by atoms with van der Waals surface area (Å²) in [6.07, 6.45) is 0. The van der Waals surface area contributed by atoms with Crippen molar-refractivity contribution in [1.29, 1.82) is 0 Å². The van der Waals surface area contributed by atoms with Gasteiger partial charge in [-0.3, -0.25) is 4.72 Å². The predicted octanol–water partition coefficient (Wildman–Crippen LogP) is 2.45. The summed E-state index contributed by atoms with van der Waals surface area (Å²) in [6, 6.07) is 7.56. The lowest BCUT2D eigenvalue weighted by atomic mass is 10.3. The number of benzene rings is 1. The van der Waals surface area contributed by atoms with Gasteiger partial charge >= 0.3 is 0 Å². The molecule has 0 aliphatic rings. The van der Waals surface area contributed by atoms with Crippen molar-refractivity contribution < 1.29 is 8.42 Å². The molecule has 1 N–H and O–H groups in total. The summed E-state index contributed by atoms with van der Waals surface area (Å²) < 4.78 is 26.7. The number of anilines is 1. The fraction of sp³-hybridized carbons (Fsp3) is 0.300. The highest BCUT2D eigenvalue weighted by atomic mass is 32.2. The Labute approximate surface area is 98.4 Å². The molecule has 86 valence electrons. The van der Waals surface area contributed by atoms with Gasteiger partial charge in [-0.25, -0.2) is 13.4 Å². The van der Waals surface area contributed by atoms with Gasteiger partial charge in [0.05, 0.1) is 15.5 Å². The van der Waals surface area contributed by atoms with E-state index >= 15 is 0 Å². The van der Waals surface area contributed by atoms with Gasteiger partial charge in [-0.1, -0.05) is 23.5 Å². The first kappa shape index (κ1) is 11.3. The third-order valence-electron chi connectivity index (χ3n) is 2.14. The molecule has 0 bridgehead atoms. The van der Waals surface area contributed by atoms with Crippen molar-refractivity contribution in [1.82, 2.24) is 4.98 Å². The zero-order valence-corrected chi connectivity index (χ0v) is 10.6. The summed E-state index contributed by atoms with van der Waals surface area (Å²) in [5.74, 6) is 0. The molecule has 4 nitrogen and oxygen atoms in total. The molecule has 0 fully saturated rings. The SMILES string of the molecule is CC(C)S(=O)(=O)Nc1nc2ccccc2s1. The van der Waals surface area contributed by atoms with Gasteiger partial charge in [0, 0.05) is 0 Å². The van der Waals surface area contributed by atoms with Crippen LogP contribution in [0.4, 0.5) is 5.13 Å². The van der Waals surface area contributed by atoms with E-state index in [2.05, 4.69) is 9.71 Å². The Morgan fingerprint density at radius 2 is 2.00 bits per heavy atom. The molecule has 6 heteroatoms. The van der Waals surface area contributed by atoms with E-state index in [4.69, 9.17) is 0 Å². The van der Waals surface area contributed by atoms with Crippen LogP contribution in [-0.4, -0.2) is 18.7 Å². The van der Waals surface area contributed by atoms with Gasteiger partial charge in [-0.2, -0.15) is 0 Å². The molecule has 0 atom stereocenters. The number of fused-ring (bicyclic) bond motifs is 1. The van der Waals surface area contributed by atoms with Gasteiger partial charge in [0.15, 0.2) is 5.13 Å². The molecule has 2 aromatic rings. The molecule has 2 rings (SSSR count). The molecule has 16 heavy (non-hydrogen) atoms. The van der Waals surface area contributed by atoms with Gasteiger partial charge in [0.25, 0.3) is 0 Å². The molecule has 1 aromatic heterocycles. The Balaban J connectivity index is 2.36. The van der Waals surface area contributed by atoms with Crippen molar-refractivity contribution >= 4 is 36.7 Å². The third kappa shape index (κ3) is 2.17. The van der Waals surface area contributed by atoms with E-state index in [1.54, 1.807) is 13.8 Å². The maximum absolute atomic E-state index is 11.6. The lowest BCUT2D eigenvalue weighted by molar-refractivity contribution is 0.593. The number of sulfonamides is 1. The minimum Gasteiger partial charge on any atom is -0.258 e. The lowest BCUT2D eigenvalue weighted by Gasteiger charge is -2.06. The maximum atomic E-state index is 11.6. The van der Waals surface area contributed by atoms with Gasteiger partial charge in [-0.15, -0.1) is 0 Å². The number of rotatable bonds is 3. The summed E-state index contributed by atoms with van der Waals surface area (Å²) in [5.41, 5.74) is 0.814. The number of nitrogens with zero attached hydrogens (tertiary/aromatic N) is 1. The third-order valence-corrected chi connectivity index (χ3v) is 4.94. The van der Waals surface area contributed by atoms with Crippen LogP contribution in [0.2, 0.25) is 0 Å². The number of aromatic nitrogens is 1.